The summed E-state index contributed by atoms with van der Waals surface area (Å²) in [6, 6.07) is 0. The summed E-state index contributed by atoms with van der Waals surface area (Å²) >= 11 is 0. The third-order valence-electron chi connectivity index (χ3n) is 4.63. The van der Waals surface area contributed by atoms with Crippen LogP contribution in [0.4, 0.5) is 0 Å². The van der Waals surface area contributed by atoms with Crippen molar-refractivity contribution in [3.05, 3.63) is 0 Å². The highest BCUT2D eigenvalue weighted by atomic mass is 32.2. The zero-order valence-electron chi connectivity index (χ0n) is 12.8. The molecule has 2 saturated heterocycles. The second kappa shape index (κ2) is 7.20. The van der Waals surface area contributed by atoms with Crippen molar-refractivity contribution in [3.8, 4) is 0 Å². The highest BCUT2D eigenvalue weighted by molar-refractivity contribution is 7.86. The first-order valence-electron chi connectivity index (χ1n) is 7.98. The molecule has 20 heavy (non-hydrogen) atoms. The standard InChI is InChI=1S/C14H29N3O2S/c1-13(2)14-5-3-9-16(11-6-14)20(18,19)17-10-4-7-15-8-12-17/h13-15H,3-12H2,1-2H3. The summed E-state index contributed by atoms with van der Waals surface area (Å²) in [5.41, 5.74) is 0. The molecule has 2 fully saturated rings. The van der Waals surface area contributed by atoms with Gasteiger partial charge >= 0.3 is 0 Å². The van der Waals surface area contributed by atoms with Gasteiger partial charge in [0.2, 0.25) is 0 Å². The second-order valence-electron chi connectivity index (χ2n) is 6.34. The molecule has 0 aromatic carbocycles. The fourth-order valence-corrected chi connectivity index (χ4v) is 4.91. The number of nitrogens with zero attached hydrogens (tertiary/aromatic N) is 2. The third-order valence-corrected chi connectivity index (χ3v) is 6.66. The van der Waals surface area contributed by atoms with Gasteiger partial charge in [-0.15, -0.1) is 0 Å². The Balaban J connectivity index is 2.01. The van der Waals surface area contributed by atoms with Gasteiger partial charge in [-0.3, -0.25) is 0 Å². The highest BCUT2D eigenvalue weighted by Gasteiger charge is 2.32. The normalized spacial score (nSPS) is 28.2. The van der Waals surface area contributed by atoms with Gasteiger partial charge in [0.05, 0.1) is 0 Å². The molecule has 1 atom stereocenters. The monoisotopic (exact) mass is 303 g/mol. The maximum atomic E-state index is 12.7. The SMILES string of the molecule is CC(C)C1CCCN(S(=O)(=O)N2CCCNCC2)CC1. The molecular formula is C14H29N3O2S. The summed E-state index contributed by atoms with van der Waals surface area (Å²) in [6.07, 6.45) is 4.06. The quantitative estimate of drug-likeness (QED) is 0.854. The zero-order valence-corrected chi connectivity index (χ0v) is 13.7. The van der Waals surface area contributed by atoms with Crippen molar-refractivity contribution < 1.29 is 8.42 Å². The van der Waals surface area contributed by atoms with Crippen molar-refractivity contribution in [1.29, 1.82) is 0 Å². The van der Waals surface area contributed by atoms with E-state index in [2.05, 4.69) is 19.2 Å². The van der Waals surface area contributed by atoms with Gasteiger partial charge in [0.1, 0.15) is 0 Å². The molecule has 0 aliphatic carbocycles. The van der Waals surface area contributed by atoms with Crippen LogP contribution in [0.3, 0.4) is 0 Å². The van der Waals surface area contributed by atoms with Crippen molar-refractivity contribution in [2.24, 2.45) is 11.8 Å². The van der Waals surface area contributed by atoms with Gasteiger partial charge in [0.15, 0.2) is 0 Å². The van der Waals surface area contributed by atoms with E-state index >= 15 is 0 Å². The predicted octanol–water partition coefficient (Wildman–Crippen LogP) is 1.28. The first-order valence-corrected chi connectivity index (χ1v) is 9.37. The van der Waals surface area contributed by atoms with Crippen molar-refractivity contribution >= 4 is 10.2 Å². The summed E-state index contributed by atoms with van der Waals surface area (Å²) < 4.78 is 28.9. The van der Waals surface area contributed by atoms with E-state index in [9.17, 15) is 8.42 Å². The molecule has 2 heterocycles. The van der Waals surface area contributed by atoms with E-state index < -0.39 is 10.2 Å². The minimum Gasteiger partial charge on any atom is -0.315 e. The van der Waals surface area contributed by atoms with Crippen molar-refractivity contribution in [2.75, 3.05) is 39.3 Å². The van der Waals surface area contributed by atoms with E-state index in [1.54, 1.807) is 8.61 Å². The minimum absolute atomic E-state index is 0.604. The Kier molecular flexibility index (Phi) is 5.84. The van der Waals surface area contributed by atoms with Gasteiger partial charge in [-0.25, -0.2) is 0 Å². The number of rotatable bonds is 3. The van der Waals surface area contributed by atoms with Crippen LogP contribution in [0.25, 0.3) is 0 Å². The number of hydrogen-bond donors (Lipinski definition) is 1. The average molecular weight is 303 g/mol. The molecule has 118 valence electrons. The van der Waals surface area contributed by atoms with Gasteiger partial charge in [0, 0.05) is 32.7 Å². The predicted molar refractivity (Wildman–Crippen MR) is 81.7 cm³/mol. The zero-order chi connectivity index (χ0) is 14.6. The van der Waals surface area contributed by atoms with Crippen LogP contribution in [0, 0.1) is 11.8 Å². The molecule has 0 aromatic heterocycles. The molecule has 0 radical (unpaired) electrons. The molecule has 5 nitrogen and oxygen atoms in total. The Labute approximate surface area is 123 Å². The smallest absolute Gasteiger partial charge is 0.282 e. The lowest BCUT2D eigenvalue weighted by atomic mass is 9.89. The number of hydrogen-bond acceptors (Lipinski definition) is 3. The van der Waals surface area contributed by atoms with Gasteiger partial charge in [-0.1, -0.05) is 13.8 Å². The molecule has 1 N–H and O–H groups in total. The molecule has 0 aromatic rings. The van der Waals surface area contributed by atoms with Gasteiger partial charge < -0.3 is 5.32 Å². The highest BCUT2D eigenvalue weighted by Crippen LogP contribution is 2.26. The summed E-state index contributed by atoms with van der Waals surface area (Å²) in [7, 11) is -3.25. The molecule has 2 aliphatic heterocycles. The van der Waals surface area contributed by atoms with E-state index in [0.29, 0.717) is 38.0 Å². The largest absolute Gasteiger partial charge is 0.315 e. The third kappa shape index (κ3) is 3.93. The Hall–Kier alpha value is -0.170. The van der Waals surface area contributed by atoms with Crippen molar-refractivity contribution in [2.45, 2.75) is 39.5 Å². The summed E-state index contributed by atoms with van der Waals surface area (Å²) in [5.74, 6) is 1.32. The first-order chi connectivity index (χ1) is 9.51. The molecule has 1 unspecified atom stereocenters. The summed E-state index contributed by atoms with van der Waals surface area (Å²) in [4.78, 5) is 0. The maximum absolute atomic E-state index is 12.7. The van der Waals surface area contributed by atoms with E-state index in [4.69, 9.17) is 0 Å². The van der Waals surface area contributed by atoms with Crippen LogP contribution in [-0.4, -0.2) is 56.3 Å². The van der Waals surface area contributed by atoms with E-state index in [0.717, 1.165) is 38.8 Å². The van der Waals surface area contributed by atoms with Crippen LogP contribution in [0.1, 0.15) is 39.5 Å². The van der Waals surface area contributed by atoms with E-state index in [1.165, 1.54) is 0 Å². The second-order valence-corrected chi connectivity index (χ2v) is 8.27. The average Bonchev–Trinajstić information content (AvgIpc) is 2.82. The molecule has 0 amide bonds. The van der Waals surface area contributed by atoms with Crippen molar-refractivity contribution in [1.82, 2.24) is 13.9 Å². The molecule has 0 bridgehead atoms. The van der Waals surface area contributed by atoms with Crippen LogP contribution in [-0.2, 0) is 10.2 Å². The van der Waals surface area contributed by atoms with E-state index in [-0.39, 0.29) is 0 Å². The first kappa shape index (κ1) is 16.2. The molecule has 0 saturated carbocycles. The van der Waals surface area contributed by atoms with Crippen LogP contribution in [0.15, 0.2) is 0 Å². The van der Waals surface area contributed by atoms with Crippen LogP contribution >= 0.6 is 0 Å². The van der Waals surface area contributed by atoms with Crippen LogP contribution in [0.2, 0.25) is 0 Å². The lowest BCUT2D eigenvalue weighted by Crippen LogP contribution is -2.45. The fourth-order valence-electron chi connectivity index (χ4n) is 3.21. The van der Waals surface area contributed by atoms with Gasteiger partial charge in [-0.05, 0) is 44.1 Å². The maximum Gasteiger partial charge on any atom is 0.282 e. The minimum atomic E-state index is -3.25. The molecule has 2 rings (SSSR count). The topological polar surface area (TPSA) is 52.7 Å². The molecule has 2 aliphatic rings. The Bertz CT molecular complexity index is 389. The Morgan fingerprint density at radius 2 is 1.65 bits per heavy atom. The van der Waals surface area contributed by atoms with Gasteiger partial charge in [0.25, 0.3) is 10.2 Å². The number of nitrogens with one attached hydrogen (secondary N) is 1. The lowest BCUT2D eigenvalue weighted by molar-refractivity contribution is 0.326. The molecule has 6 heteroatoms. The summed E-state index contributed by atoms with van der Waals surface area (Å²) in [5, 5.41) is 3.26. The summed E-state index contributed by atoms with van der Waals surface area (Å²) in [6.45, 7) is 8.81. The Morgan fingerprint density at radius 3 is 2.40 bits per heavy atom. The van der Waals surface area contributed by atoms with Crippen molar-refractivity contribution in [3.63, 3.8) is 0 Å². The van der Waals surface area contributed by atoms with Crippen LogP contribution in [0.5, 0.6) is 0 Å². The van der Waals surface area contributed by atoms with Gasteiger partial charge in [-0.2, -0.15) is 17.0 Å². The molecular weight excluding hydrogens is 274 g/mol. The molecule has 0 spiro atoms. The Morgan fingerprint density at radius 1 is 0.950 bits per heavy atom. The van der Waals surface area contributed by atoms with Crippen LogP contribution < -0.4 is 5.32 Å². The van der Waals surface area contributed by atoms with E-state index in [1.807, 2.05) is 0 Å². The lowest BCUT2D eigenvalue weighted by Gasteiger charge is -2.28. The fraction of sp³-hybridized carbons (Fsp3) is 1.00.